The zero-order chi connectivity index (χ0) is 12.2. The first kappa shape index (κ1) is 13.5. The summed E-state index contributed by atoms with van der Waals surface area (Å²) >= 11 is 0. The van der Waals surface area contributed by atoms with E-state index in [1.54, 1.807) is 0 Å². The van der Waals surface area contributed by atoms with Crippen LogP contribution in [0.15, 0.2) is 0 Å². The van der Waals surface area contributed by atoms with E-state index in [2.05, 4.69) is 12.2 Å². The van der Waals surface area contributed by atoms with Gasteiger partial charge in [0, 0.05) is 18.5 Å². The van der Waals surface area contributed by atoms with Gasteiger partial charge in [0.15, 0.2) is 0 Å². The topological polar surface area (TPSA) is 55.1 Å². The molecule has 0 aromatic carbocycles. The van der Waals surface area contributed by atoms with Gasteiger partial charge in [0.1, 0.15) is 0 Å². The number of hydrogen-bond donors (Lipinski definition) is 2. The molecule has 2 unspecified atom stereocenters. The summed E-state index contributed by atoms with van der Waals surface area (Å²) in [7, 11) is 0. The molecule has 0 bridgehead atoms. The number of nitrogens with two attached hydrogens (primary N) is 1. The maximum Gasteiger partial charge on any atom is 0.221 e. The first-order valence-corrected chi connectivity index (χ1v) is 6.42. The summed E-state index contributed by atoms with van der Waals surface area (Å²) in [5.74, 6) is 1.58. The Bertz CT molecular complexity index is 233. The summed E-state index contributed by atoms with van der Waals surface area (Å²) in [5, 5.41) is 3.01. The third-order valence-electron chi connectivity index (χ3n) is 3.25. The van der Waals surface area contributed by atoms with Gasteiger partial charge in [0.05, 0.1) is 0 Å². The molecule has 1 aliphatic rings. The standard InChI is InChI=1S/C13H26N2O/c1-10-5-4-6-11(7-10)9-15-12(16)8-13(2,3)14/h10-11H,4-9,14H2,1-3H3,(H,15,16). The lowest BCUT2D eigenvalue weighted by molar-refractivity contribution is -0.122. The lowest BCUT2D eigenvalue weighted by Gasteiger charge is -2.27. The SMILES string of the molecule is CC1CCCC(CNC(=O)CC(C)(C)N)C1. The van der Waals surface area contributed by atoms with Crippen LogP contribution in [0.4, 0.5) is 0 Å². The lowest BCUT2D eigenvalue weighted by Crippen LogP contribution is -2.40. The number of carbonyl (C=O) groups is 1. The zero-order valence-electron chi connectivity index (χ0n) is 10.9. The molecule has 0 aromatic rings. The minimum absolute atomic E-state index is 0.0886. The molecule has 0 saturated heterocycles. The highest BCUT2D eigenvalue weighted by Crippen LogP contribution is 2.27. The Hall–Kier alpha value is -0.570. The monoisotopic (exact) mass is 226 g/mol. The van der Waals surface area contributed by atoms with Crippen molar-refractivity contribution in [3.63, 3.8) is 0 Å². The summed E-state index contributed by atoms with van der Waals surface area (Å²) < 4.78 is 0. The second kappa shape index (κ2) is 5.67. The van der Waals surface area contributed by atoms with Crippen molar-refractivity contribution in [1.82, 2.24) is 5.32 Å². The van der Waals surface area contributed by atoms with Gasteiger partial charge < -0.3 is 11.1 Å². The van der Waals surface area contributed by atoms with E-state index in [9.17, 15) is 4.79 Å². The Kier molecular flexibility index (Phi) is 4.78. The molecule has 3 N–H and O–H groups in total. The fraction of sp³-hybridized carbons (Fsp3) is 0.923. The largest absolute Gasteiger partial charge is 0.356 e. The van der Waals surface area contributed by atoms with Crippen LogP contribution in [0.25, 0.3) is 0 Å². The van der Waals surface area contributed by atoms with Crippen molar-refractivity contribution in [3.05, 3.63) is 0 Å². The third kappa shape index (κ3) is 5.50. The van der Waals surface area contributed by atoms with Gasteiger partial charge in [-0.05, 0) is 38.5 Å². The van der Waals surface area contributed by atoms with Gasteiger partial charge in [-0.25, -0.2) is 0 Å². The van der Waals surface area contributed by atoms with Crippen LogP contribution in [0, 0.1) is 11.8 Å². The van der Waals surface area contributed by atoms with Crippen LogP contribution in [0.1, 0.15) is 52.9 Å². The van der Waals surface area contributed by atoms with E-state index >= 15 is 0 Å². The Labute approximate surface area is 99.2 Å². The van der Waals surface area contributed by atoms with Crippen molar-refractivity contribution in [3.8, 4) is 0 Å². The summed E-state index contributed by atoms with van der Waals surface area (Å²) in [6.07, 6.45) is 5.59. The zero-order valence-corrected chi connectivity index (χ0v) is 10.9. The van der Waals surface area contributed by atoms with Gasteiger partial charge >= 0.3 is 0 Å². The van der Waals surface area contributed by atoms with Crippen molar-refractivity contribution in [1.29, 1.82) is 0 Å². The van der Waals surface area contributed by atoms with Crippen LogP contribution < -0.4 is 11.1 Å². The number of rotatable bonds is 4. The molecule has 0 aromatic heterocycles. The molecule has 1 fully saturated rings. The van der Waals surface area contributed by atoms with Crippen LogP contribution in [0.3, 0.4) is 0 Å². The molecule has 0 heterocycles. The molecule has 0 aliphatic heterocycles. The molecule has 16 heavy (non-hydrogen) atoms. The average Bonchev–Trinajstić information content (AvgIpc) is 2.12. The van der Waals surface area contributed by atoms with Crippen LogP contribution in [0.5, 0.6) is 0 Å². The second-order valence-electron chi connectivity index (χ2n) is 6.11. The van der Waals surface area contributed by atoms with E-state index in [0.717, 1.165) is 12.5 Å². The molecule has 0 radical (unpaired) electrons. The quantitative estimate of drug-likeness (QED) is 0.771. The van der Waals surface area contributed by atoms with Gasteiger partial charge in [-0.15, -0.1) is 0 Å². The number of amides is 1. The van der Waals surface area contributed by atoms with Crippen molar-refractivity contribution in [2.75, 3.05) is 6.54 Å². The lowest BCUT2D eigenvalue weighted by atomic mass is 9.82. The maximum absolute atomic E-state index is 11.6. The fourth-order valence-electron chi connectivity index (χ4n) is 2.48. The molecular formula is C13H26N2O. The molecule has 1 rings (SSSR count). The van der Waals surface area contributed by atoms with E-state index in [0.29, 0.717) is 12.3 Å². The first-order valence-electron chi connectivity index (χ1n) is 6.42. The van der Waals surface area contributed by atoms with E-state index in [4.69, 9.17) is 5.73 Å². The van der Waals surface area contributed by atoms with Gasteiger partial charge in [-0.3, -0.25) is 4.79 Å². The summed E-state index contributed by atoms with van der Waals surface area (Å²) in [4.78, 5) is 11.6. The van der Waals surface area contributed by atoms with Crippen molar-refractivity contribution in [2.24, 2.45) is 17.6 Å². The van der Waals surface area contributed by atoms with Gasteiger partial charge in [-0.2, -0.15) is 0 Å². The van der Waals surface area contributed by atoms with Crippen molar-refractivity contribution >= 4 is 5.91 Å². The van der Waals surface area contributed by atoms with Gasteiger partial charge in [0.2, 0.25) is 5.91 Å². The highest BCUT2D eigenvalue weighted by molar-refractivity contribution is 5.77. The molecule has 1 saturated carbocycles. The number of carbonyl (C=O) groups excluding carboxylic acids is 1. The van der Waals surface area contributed by atoms with Crippen LogP contribution in [0.2, 0.25) is 0 Å². The predicted octanol–water partition coefficient (Wildman–Crippen LogP) is 2.06. The highest BCUT2D eigenvalue weighted by atomic mass is 16.1. The first-order chi connectivity index (χ1) is 7.37. The Morgan fingerprint density at radius 2 is 2.12 bits per heavy atom. The van der Waals surface area contributed by atoms with Gasteiger partial charge in [-0.1, -0.05) is 19.8 Å². The summed E-state index contributed by atoms with van der Waals surface area (Å²) in [6, 6.07) is 0. The van der Waals surface area contributed by atoms with E-state index in [1.165, 1.54) is 25.7 Å². The minimum Gasteiger partial charge on any atom is -0.356 e. The van der Waals surface area contributed by atoms with Crippen LogP contribution >= 0.6 is 0 Å². The third-order valence-corrected chi connectivity index (χ3v) is 3.25. The highest BCUT2D eigenvalue weighted by Gasteiger charge is 2.21. The van der Waals surface area contributed by atoms with E-state index in [1.807, 2.05) is 13.8 Å². The average molecular weight is 226 g/mol. The molecule has 2 atom stereocenters. The molecule has 0 spiro atoms. The minimum atomic E-state index is -0.399. The van der Waals surface area contributed by atoms with E-state index < -0.39 is 5.54 Å². The number of hydrogen-bond acceptors (Lipinski definition) is 2. The second-order valence-corrected chi connectivity index (χ2v) is 6.11. The predicted molar refractivity (Wildman–Crippen MR) is 67.0 cm³/mol. The Morgan fingerprint density at radius 3 is 2.69 bits per heavy atom. The Balaban J connectivity index is 2.21. The van der Waals surface area contributed by atoms with Crippen molar-refractivity contribution < 1.29 is 4.79 Å². The molecular weight excluding hydrogens is 200 g/mol. The molecule has 94 valence electrons. The Morgan fingerprint density at radius 1 is 1.44 bits per heavy atom. The van der Waals surface area contributed by atoms with E-state index in [-0.39, 0.29) is 5.91 Å². The maximum atomic E-state index is 11.6. The fourth-order valence-corrected chi connectivity index (χ4v) is 2.48. The molecule has 1 amide bonds. The number of nitrogens with one attached hydrogen (secondary N) is 1. The smallest absolute Gasteiger partial charge is 0.221 e. The van der Waals surface area contributed by atoms with Crippen LogP contribution in [-0.4, -0.2) is 18.0 Å². The molecule has 1 aliphatic carbocycles. The molecule has 3 nitrogen and oxygen atoms in total. The normalized spacial score (nSPS) is 26.5. The summed E-state index contributed by atoms with van der Waals surface area (Å²) in [5.41, 5.74) is 5.41. The van der Waals surface area contributed by atoms with Crippen LogP contribution in [-0.2, 0) is 4.79 Å². The van der Waals surface area contributed by atoms with Gasteiger partial charge in [0.25, 0.3) is 0 Å². The van der Waals surface area contributed by atoms with Crippen molar-refractivity contribution in [2.45, 2.75) is 58.4 Å². The molecule has 3 heteroatoms. The summed E-state index contributed by atoms with van der Waals surface area (Å²) in [6.45, 7) is 6.90.